The maximum atomic E-state index is 10.2. The number of halogens is 4. The third-order valence-electron chi connectivity index (χ3n) is 2.06. The molecule has 0 unspecified atom stereocenters. The van der Waals surface area contributed by atoms with E-state index in [1.807, 2.05) is 0 Å². The lowest BCUT2D eigenvalue weighted by Gasteiger charge is -1.94. The van der Waals surface area contributed by atoms with Gasteiger partial charge in [-0.05, 0) is 56.1 Å². The fourth-order valence-electron chi connectivity index (χ4n) is 1.11. The molecule has 0 fully saturated rings. The van der Waals surface area contributed by atoms with Gasteiger partial charge in [0.25, 0.3) is 5.69 Å². The van der Waals surface area contributed by atoms with E-state index in [1.54, 1.807) is 18.2 Å². The summed E-state index contributed by atoms with van der Waals surface area (Å²) in [4.78, 5) is 9.73. The van der Waals surface area contributed by atoms with E-state index < -0.39 is 4.92 Å². The SMILES string of the molecule is Nc1ccc(Cl)c(Br)c1.O=[N+]([O-])c1ccc(Cl)c(Br)c1. The molecule has 2 N–H and O–H groups in total. The largest absolute Gasteiger partial charge is 0.399 e. The molecule has 0 heterocycles. The van der Waals surface area contributed by atoms with Gasteiger partial charge in [-0.3, -0.25) is 10.1 Å². The highest BCUT2D eigenvalue weighted by molar-refractivity contribution is 9.10. The van der Waals surface area contributed by atoms with Crippen LogP contribution in [0.5, 0.6) is 0 Å². The molecule has 0 saturated heterocycles. The van der Waals surface area contributed by atoms with Crippen LogP contribution in [0.25, 0.3) is 0 Å². The van der Waals surface area contributed by atoms with Crippen molar-refractivity contribution in [2.45, 2.75) is 0 Å². The molecule has 0 aliphatic heterocycles. The highest BCUT2D eigenvalue weighted by Crippen LogP contribution is 2.26. The van der Waals surface area contributed by atoms with Crippen molar-refractivity contribution in [3.05, 3.63) is 65.5 Å². The van der Waals surface area contributed by atoms with Crippen LogP contribution in [-0.4, -0.2) is 4.92 Å². The summed E-state index contributed by atoms with van der Waals surface area (Å²) in [5.74, 6) is 0. The standard InChI is InChI=1S/C6H3BrClNO2.C6H5BrClN/c7-5-3-4(9(10)11)1-2-6(5)8;7-5-3-4(9)1-2-6(5)8/h1-3H;1-3H,9H2. The van der Waals surface area contributed by atoms with Crippen molar-refractivity contribution in [1.29, 1.82) is 0 Å². The second-order valence-electron chi connectivity index (χ2n) is 3.53. The van der Waals surface area contributed by atoms with Gasteiger partial charge in [0, 0.05) is 26.8 Å². The second-order valence-corrected chi connectivity index (χ2v) is 6.05. The van der Waals surface area contributed by atoms with Crippen LogP contribution in [0, 0.1) is 10.1 Å². The van der Waals surface area contributed by atoms with Crippen LogP contribution in [0.1, 0.15) is 0 Å². The van der Waals surface area contributed by atoms with Gasteiger partial charge in [0.05, 0.1) is 15.0 Å². The van der Waals surface area contributed by atoms with Crippen molar-refractivity contribution < 1.29 is 4.92 Å². The summed E-state index contributed by atoms with van der Waals surface area (Å²) >= 11 is 17.6. The van der Waals surface area contributed by atoms with Crippen molar-refractivity contribution in [2.24, 2.45) is 0 Å². The Kier molecular flexibility index (Phi) is 6.75. The Morgan fingerprint density at radius 3 is 1.90 bits per heavy atom. The molecule has 0 bridgehead atoms. The van der Waals surface area contributed by atoms with Gasteiger partial charge in [-0.1, -0.05) is 23.2 Å². The van der Waals surface area contributed by atoms with Gasteiger partial charge in [-0.15, -0.1) is 0 Å². The average Bonchev–Trinajstić information content (AvgIpc) is 2.38. The van der Waals surface area contributed by atoms with E-state index in [1.165, 1.54) is 18.2 Å². The number of hydrogen-bond donors (Lipinski definition) is 1. The second kappa shape index (κ2) is 7.83. The molecule has 8 heteroatoms. The van der Waals surface area contributed by atoms with Crippen molar-refractivity contribution in [1.82, 2.24) is 0 Å². The third kappa shape index (κ3) is 5.28. The molecule has 0 amide bonds. The fraction of sp³-hybridized carbons (Fsp3) is 0. The van der Waals surface area contributed by atoms with Gasteiger partial charge in [0.15, 0.2) is 0 Å². The monoisotopic (exact) mass is 440 g/mol. The summed E-state index contributed by atoms with van der Waals surface area (Å²) in [6.07, 6.45) is 0. The molecule has 2 aromatic rings. The first-order valence-electron chi connectivity index (χ1n) is 5.11. The Hall–Kier alpha value is -0.820. The fourth-order valence-corrected chi connectivity index (χ4v) is 2.11. The van der Waals surface area contributed by atoms with Crippen LogP contribution in [0.15, 0.2) is 45.3 Å². The molecule has 0 aliphatic rings. The first-order chi connectivity index (χ1) is 9.31. The minimum absolute atomic E-state index is 0.0290. The summed E-state index contributed by atoms with van der Waals surface area (Å²) in [5, 5.41) is 11.4. The number of benzene rings is 2. The van der Waals surface area contributed by atoms with Crippen LogP contribution in [0.3, 0.4) is 0 Å². The van der Waals surface area contributed by atoms with E-state index in [-0.39, 0.29) is 5.69 Å². The Morgan fingerprint density at radius 2 is 1.50 bits per heavy atom. The van der Waals surface area contributed by atoms with Gasteiger partial charge in [0.2, 0.25) is 0 Å². The van der Waals surface area contributed by atoms with E-state index in [2.05, 4.69) is 31.9 Å². The van der Waals surface area contributed by atoms with Crippen LogP contribution < -0.4 is 5.73 Å². The lowest BCUT2D eigenvalue weighted by Crippen LogP contribution is -1.86. The summed E-state index contributed by atoms with van der Waals surface area (Å²) in [5.41, 5.74) is 6.18. The number of nitro groups is 1. The summed E-state index contributed by atoms with van der Waals surface area (Å²) in [6, 6.07) is 9.47. The van der Waals surface area contributed by atoms with Crippen LogP contribution >= 0.6 is 55.1 Å². The Balaban J connectivity index is 0.000000204. The molecule has 20 heavy (non-hydrogen) atoms. The molecular weight excluding hydrogens is 435 g/mol. The zero-order chi connectivity index (χ0) is 15.3. The van der Waals surface area contributed by atoms with E-state index >= 15 is 0 Å². The van der Waals surface area contributed by atoms with Gasteiger partial charge >= 0.3 is 0 Å². The Morgan fingerprint density at radius 1 is 1.00 bits per heavy atom. The normalized spacial score (nSPS) is 9.60. The zero-order valence-electron chi connectivity index (χ0n) is 9.82. The van der Waals surface area contributed by atoms with Gasteiger partial charge in [-0.25, -0.2) is 0 Å². The van der Waals surface area contributed by atoms with E-state index in [0.29, 0.717) is 20.2 Å². The number of anilines is 1. The summed E-state index contributed by atoms with van der Waals surface area (Å²) in [6.45, 7) is 0. The summed E-state index contributed by atoms with van der Waals surface area (Å²) in [7, 11) is 0. The minimum Gasteiger partial charge on any atom is -0.399 e. The van der Waals surface area contributed by atoms with E-state index in [9.17, 15) is 10.1 Å². The molecule has 0 atom stereocenters. The van der Waals surface area contributed by atoms with Gasteiger partial charge < -0.3 is 5.73 Å². The molecule has 2 aromatic carbocycles. The molecule has 106 valence electrons. The first kappa shape index (κ1) is 17.2. The molecule has 2 rings (SSSR count). The quantitative estimate of drug-likeness (QED) is 0.350. The highest BCUT2D eigenvalue weighted by Gasteiger charge is 2.06. The smallest absolute Gasteiger partial charge is 0.270 e. The molecule has 4 nitrogen and oxygen atoms in total. The third-order valence-corrected chi connectivity index (χ3v) is 4.49. The molecule has 0 aromatic heterocycles. The van der Waals surface area contributed by atoms with E-state index in [0.717, 1.165) is 4.47 Å². The Bertz CT molecular complexity index is 639. The average molecular weight is 443 g/mol. The predicted molar refractivity (Wildman–Crippen MR) is 89.4 cm³/mol. The number of hydrogen-bond acceptors (Lipinski definition) is 3. The number of nitrogen functional groups attached to an aromatic ring is 1. The number of nitro benzene ring substituents is 1. The minimum atomic E-state index is -0.471. The number of non-ortho nitro benzene ring substituents is 1. The number of rotatable bonds is 1. The topological polar surface area (TPSA) is 69.2 Å². The van der Waals surface area contributed by atoms with E-state index in [4.69, 9.17) is 28.9 Å². The molecule has 0 spiro atoms. The van der Waals surface area contributed by atoms with Crippen LogP contribution in [0.2, 0.25) is 10.0 Å². The first-order valence-corrected chi connectivity index (χ1v) is 7.45. The maximum absolute atomic E-state index is 10.2. The molecule has 0 aliphatic carbocycles. The van der Waals surface area contributed by atoms with Crippen molar-refractivity contribution >= 4 is 66.4 Å². The summed E-state index contributed by atoms with van der Waals surface area (Å²) < 4.78 is 1.37. The molecule has 0 radical (unpaired) electrons. The predicted octanol–water partition coefficient (Wildman–Crippen LogP) is 5.70. The van der Waals surface area contributed by atoms with Gasteiger partial charge in [0.1, 0.15) is 0 Å². The van der Waals surface area contributed by atoms with Crippen LogP contribution in [0.4, 0.5) is 11.4 Å². The van der Waals surface area contributed by atoms with Crippen molar-refractivity contribution in [2.75, 3.05) is 5.73 Å². The number of nitrogens with two attached hydrogens (primary N) is 1. The van der Waals surface area contributed by atoms with Crippen molar-refractivity contribution in [3.8, 4) is 0 Å². The van der Waals surface area contributed by atoms with Gasteiger partial charge in [-0.2, -0.15) is 0 Å². The molecular formula is C12H8Br2Cl2N2O2. The molecule has 0 saturated carbocycles. The maximum Gasteiger partial charge on any atom is 0.270 e. The lowest BCUT2D eigenvalue weighted by molar-refractivity contribution is -0.384. The zero-order valence-corrected chi connectivity index (χ0v) is 14.5. The van der Waals surface area contributed by atoms with Crippen molar-refractivity contribution in [3.63, 3.8) is 0 Å². The Labute approximate surface area is 142 Å². The highest BCUT2D eigenvalue weighted by atomic mass is 79.9. The number of nitrogens with zero attached hydrogens (tertiary/aromatic N) is 1. The lowest BCUT2D eigenvalue weighted by atomic mass is 10.3. The van der Waals surface area contributed by atoms with Crippen LogP contribution in [-0.2, 0) is 0 Å².